The molecule has 1 aromatic carbocycles. The molecule has 5 rings (SSSR count). The number of carbonyl (C=O) groups excluding carboxylic acids is 2. The van der Waals surface area contributed by atoms with E-state index in [9.17, 15) is 14.9 Å². The lowest BCUT2D eigenvalue weighted by molar-refractivity contribution is -0.120. The quantitative estimate of drug-likeness (QED) is 0.522. The second kappa shape index (κ2) is 7.86. The summed E-state index contributed by atoms with van der Waals surface area (Å²) in [5.41, 5.74) is 3.89. The van der Waals surface area contributed by atoms with Gasteiger partial charge in [0.1, 0.15) is 11.1 Å². The molecule has 0 radical (unpaired) electrons. The standard InChI is InChI=1S/C26H25ClN2O2S/c1-26(2)12-20-24(21(30)13-26)18(15-6-5-7-16(27)10-15)11-23(31)29(20)25-19(14-28)17-8-3-4-9-22(17)32-25/h5-7,10,18H,3-4,8-9,11-13H2,1-2H3/t18-/m1/s1. The highest BCUT2D eigenvalue weighted by Gasteiger charge is 2.45. The largest absolute Gasteiger partial charge is 0.294 e. The third kappa shape index (κ3) is 3.50. The number of nitriles is 1. The number of ketones is 1. The van der Waals surface area contributed by atoms with Crippen LogP contribution in [0.1, 0.15) is 73.4 Å². The second-order valence-corrected chi connectivity index (χ2v) is 11.4. The predicted molar refractivity (Wildman–Crippen MR) is 127 cm³/mol. The lowest BCUT2D eigenvalue weighted by Crippen LogP contribution is -2.43. The predicted octanol–water partition coefficient (Wildman–Crippen LogP) is 6.32. The molecule has 2 aliphatic carbocycles. The van der Waals surface area contributed by atoms with E-state index in [0.29, 0.717) is 28.4 Å². The minimum Gasteiger partial charge on any atom is -0.294 e. The number of carbonyl (C=O) groups is 2. The Hall–Kier alpha value is -2.42. The topological polar surface area (TPSA) is 61.2 Å². The normalized spacial score (nSPS) is 22.4. The van der Waals surface area contributed by atoms with Crippen LogP contribution in [0.25, 0.3) is 0 Å². The van der Waals surface area contributed by atoms with Crippen LogP contribution >= 0.6 is 22.9 Å². The number of benzene rings is 1. The van der Waals surface area contributed by atoms with Gasteiger partial charge in [-0.3, -0.25) is 14.5 Å². The fourth-order valence-corrected chi connectivity index (χ4v) is 7.06. The number of amides is 1. The molecule has 0 N–H and O–H groups in total. The minimum absolute atomic E-state index is 0.0469. The van der Waals surface area contributed by atoms with Crippen LogP contribution in [0.4, 0.5) is 5.00 Å². The molecule has 164 valence electrons. The summed E-state index contributed by atoms with van der Waals surface area (Å²) >= 11 is 7.82. The van der Waals surface area contributed by atoms with Gasteiger partial charge in [-0.2, -0.15) is 5.26 Å². The first-order valence-corrected chi connectivity index (χ1v) is 12.4. The average Bonchev–Trinajstić information content (AvgIpc) is 3.10. The number of thiophene rings is 1. The minimum atomic E-state index is -0.295. The van der Waals surface area contributed by atoms with E-state index in [1.54, 1.807) is 22.3 Å². The van der Waals surface area contributed by atoms with Crippen LogP contribution in [0, 0.1) is 16.7 Å². The van der Waals surface area contributed by atoms with Crippen molar-refractivity contribution in [3.63, 3.8) is 0 Å². The molecule has 32 heavy (non-hydrogen) atoms. The van der Waals surface area contributed by atoms with Crippen molar-refractivity contribution >= 4 is 39.6 Å². The van der Waals surface area contributed by atoms with Crippen molar-refractivity contribution in [2.45, 2.75) is 64.7 Å². The lowest BCUT2D eigenvalue weighted by atomic mass is 9.69. The van der Waals surface area contributed by atoms with Crippen molar-refractivity contribution in [1.29, 1.82) is 5.26 Å². The van der Waals surface area contributed by atoms with Crippen molar-refractivity contribution in [2.75, 3.05) is 4.90 Å². The van der Waals surface area contributed by atoms with E-state index >= 15 is 0 Å². The Morgan fingerprint density at radius 2 is 1.97 bits per heavy atom. The molecule has 0 unspecified atom stereocenters. The molecule has 2 aromatic rings. The zero-order valence-electron chi connectivity index (χ0n) is 18.3. The van der Waals surface area contributed by atoms with Crippen LogP contribution in [-0.4, -0.2) is 11.7 Å². The van der Waals surface area contributed by atoms with Gasteiger partial charge >= 0.3 is 0 Å². The van der Waals surface area contributed by atoms with E-state index in [1.807, 2.05) is 18.2 Å². The number of Topliss-reactive ketones (excluding diaryl/α,β-unsaturated/α-hetero) is 1. The summed E-state index contributed by atoms with van der Waals surface area (Å²) in [7, 11) is 0. The Morgan fingerprint density at radius 1 is 1.19 bits per heavy atom. The average molecular weight is 465 g/mol. The fraction of sp³-hybridized carbons (Fsp3) is 0.423. The molecule has 0 fully saturated rings. The highest BCUT2D eigenvalue weighted by molar-refractivity contribution is 7.16. The molecular formula is C26H25ClN2O2S. The summed E-state index contributed by atoms with van der Waals surface area (Å²) in [6.07, 6.45) is 5.32. The van der Waals surface area contributed by atoms with Gasteiger partial charge < -0.3 is 0 Å². The van der Waals surface area contributed by atoms with E-state index in [-0.39, 0.29) is 29.4 Å². The SMILES string of the molecule is CC1(C)CC(=O)C2=C(C1)N(c1sc3c(c1C#N)CCCC3)C(=O)C[C@@H]2c1cccc(Cl)c1. The van der Waals surface area contributed by atoms with E-state index < -0.39 is 0 Å². The Bertz CT molecular complexity index is 1220. The van der Waals surface area contributed by atoms with Gasteiger partial charge in [-0.1, -0.05) is 37.6 Å². The van der Waals surface area contributed by atoms with Crippen LogP contribution in [0.3, 0.4) is 0 Å². The van der Waals surface area contributed by atoms with Crippen molar-refractivity contribution in [2.24, 2.45) is 5.41 Å². The third-order valence-electron chi connectivity index (χ3n) is 6.86. The zero-order valence-corrected chi connectivity index (χ0v) is 19.9. The van der Waals surface area contributed by atoms with Crippen LogP contribution in [0.2, 0.25) is 5.02 Å². The van der Waals surface area contributed by atoms with Gasteiger partial charge in [-0.15, -0.1) is 11.3 Å². The van der Waals surface area contributed by atoms with Crippen LogP contribution in [0.15, 0.2) is 35.5 Å². The maximum absolute atomic E-state index is 13.7. The Balaban J connectivity index is 1.71. The number of allylic oxidation sites excluding steroid dienone is 2. The van der Waals surface area contributed by atoms with E-state index in [4.69, 9.17) is 11.6 Å². The van der Waals surface area contributed by atoms with E-state index in [1.165, 1.54) is 4.88 Å². The molecule has 1 aromatic heterocycles. The van der Waals surface area contributed by atoms with E-state index in [2.05, 4.69) is 19.9 Å². The van der Waals surface area contributed by atoms with Gasteiger partial charge in [0.05, 0.1) is 5.56 Å². The smallest absolute Gasteiger partial charge is 0.232 e. The van der Waals surface area contributed by atoms with Crippen LogP contribution in [0.5, 0.6) is 0 Å². The number of halogens is 1. The van der Waals surface area contributed by atoms with Crippen LogP contribution < -0.4 is 4.90 Å². The molecule has 0 saturated heterocycles. The summed E-state index contributed by atoms with van der Waals surface area (Å²) in [5, 5.41) is 11.3. The van der Waals surface area contributed by atoms with E-state index in [0.717, 1.165) is 48.1 Å². The molecule has 1 aliphatic heterocycles. The first-order valence-electron chi connectivity index (χ1n) is 11.2. The lowest BCUT2D eigenvalue weighted by Gasteiger charge is -2.42. The molecule has 4 nitrogen and oxygen atoms in total. The summed E-state index contributed by atoms with van der Waals surface area (Å²) in [6.45, 7) is 4.15. The Labute approximate surface area is 197 Å². The monoisotopic (exact) mass is 464 g/mol. The zero-order chi connectivity index (χ0) is 22.6. The highest BCUT2D eigenvalue weighted by Crippen LogP contribution is 2.51. The Morgan fingerprint density at radius 3 is 2.72 bits per heavy atom. The van der Waals surface area contributed by atoms with Crippen molar-refractivity contribution in [1.82, 2.24) is 0 Å². The fourth-order valence-electron chi connectivity index (χ4n) is 5.48. The van der Waals surface area contributed by atoms with Crippen molar-refractivity contribution in [3.8, 4) is 6.07 Å². The summed E-state index contributed by atoms with van der Waals surface area (Å²) in [4.78, 5) is 30.1. The number of hydrogen-bond acceptors (Lipinski definition) is 4. The molecule has 1 amide bonds. The Kier molecular flexibility index (Phi) is 5.27. The van der Waals surface area contributed by atoms with Crippen molar-refractivity contribution in [3.05, 3.63) is 62.1 Å². The van der Waals surface area contributed by atoms with Gasteiger partial charge in [0, 0.05) is 39.9 Å². The highest BCUT2D eigenvalue weighted by atomic mass is 35.5. The molecule has 1 atom stereocenters. The number of hydrogen-bond donors (Lipinski definition) is 0. The third-order valence-corrected chi connectivity index (χ3v) is 8.37. The van der Waals surface area contributed by atoms with Gasteiger partial charge in [0.15, 0.2) is 5.78 Å². The number of anilines is 1. The maximum atomic E-state index is 13.7. The molecule has 0 saturated carbocycles. The molecule has 6 heteroatoms. The second-order valence-electron chi connectivity index (χ2n) is 9.85. The molecule has 2 heterocycles. The molecular weight excluding hydrogens is 440 g/mol. The van der Waals surface area contributed by atoms with Gasteiger partial charge in [0.2, 0.25) is 5.91 Å². The molecule has 3 aliphatic rings. The first kappa shape index (κ1) is 21.4. The first-order chi connectivity index (χ1) is 15.3. The van der Waals surface area contributed by atoms with Gasteiger partial charge in [0.25, 0.3) is 0 Å². The number of nitrogens with zero attached hydrogens (tertiary/aromatic N) is 2. The summed E-state index contributed by atoms with van der Waals surface area (Å²) < 4.78 is 0. The molecule has 0 spiro atoms. The number of rotatable bonds is 2. The number of aryl methyl sites for hydroxylation is 1. The molecule has 0 bridgehead atoms. The number of fused-ring (bicyclic) bond motifs is 1. The van der Waals surface area contributed by atoms with Crippen molar-refractivity contribution < 1.29 is 9.59 Å². The van der Waals surface area contributed by atoms with Gasteiger partial charge in [-0.05, 0) is 60.8 Å². The summed E-state index contributed by atoms with van der Waals surface area (Å²) in [6, 6.07) is 9.87. The maximum Gasteiger partial charge on any atom is 0.232 e. The van der Waals surface area contributed by atoms with Gasteiger partial charge in [-0.25, -0.2) is 0 Å². The summed E-state index contributed by atoms with van der Waals surface area (Å²) in [5.74, 6) is -0.246. The van der Waals surface area contributed by atoms with Crippen LogP contribution in [-0.2, 0) is 22.4 Å².